The molecule has 2 aromatic carbocycles. The zero-order valence-electron chi connectivity index (χ0n) is 28.5. The number of rotatable bonds is 10. The number of hydrogen-bond donors (Lipinski definition) is 7. The van der Waals surface area contributed by atoms with E-state index in [1.165, 1.54) is 14.0 Å². The molecule has 278 valence electrons. The van der Waals surface area contributed by atoms with Crippen LogP contribution in [-0.2, 0) is 30.2 Å². The van der Waals surface area contributed by atoms with Gasteiger partial charge in [-0.3, -0.25) is 9.59 Å². The topological polar surface area (TPSA) is 244 Å². The van der Waals surface area contributed by atoms with Crippen LogP contribution in [0.3, 0.4) is 0 Å². The maximum absolute atomic E-state index is 14.4. The minimum atomic E-state index is -1.91. The van der Waals surface area contributed by atoms with Crippen molar-refractivity contribution < 1.29 is 73.4 Å². The fraction of sp³-hybridized carbons (Fsp3) is 0.486. The molecular weight excluding hydrogens is 676 g/mol. The molecule has 51 heavy (non-hydrogen) atoms. The molecule has 0 aliphatic carbocycles. The first kappa shape index (κ1) is 38.0. The van der Waals surface area contributed by atoms with Crippen LogP contribution in [0.5, 0.6) is 23.0 Å². The van der Waals surface area contributed by atoms with E-state index in [-0.39, 0.29) is 40.0 Å². The van der Waals surface area contributed by atoms with E-state index in [0.717, 1.165) is 18.6 Å². The van der Waals surface area contributed by atoms with Gasteiger partial charge in [-0.1, -0.05) is 11.6 Å². The molecule has 7 N–H and O–H groups in total. The average Bonchev–Trinajstić information content (AvgIpc) is 3.08. The van der Waals surface area contributed by atoms with Gasteiger partial charge < -0.3 is 68.6 Å². The molecule has 0 spiro atoms. The van der Waals surface area contributed by atoms with Crippen molar-refractivity contribution in [1.29, 1.82) is 0 Å². The molecule has 16 heteroatoms. The number of methoxy groups -OCH3 is 1. The Hall–Kier alpha value is -4.26. The SMILES string of the molecule is COc1ccc(-c2oc3c(CC=C(C)C)c(O)cc(O)c3c(=O)c2O[C@@H]2OC(C)[C@H](O)C(OC(C)=O)[C@@H]2O[C@@H]2OC(CO)[C@@H](O)C(O)[C@H]2O)cc1. The predicted molar refractivity (Wildman–Crippen MR) is 176 cm³/mol. The fourth-order valence-corrected chi connectivity index (χ4v) is 5.91. The van der Waals surface area contributed by atoms with Gasteiger partial charge in [-0.25, -0.2) is 0 Å². The number of aliphatic hydroxyl groups excluding tert-OH is 5. The number of aliphatic hydroxyl groups is 5. The van der Waals surface area contributed by atoms with Crippen molar-refractivity contribution in [3.05, 3.63) is 57.8 Å². The van der Waals surface area contributed by atoms with Crippen molar-refractivity contribution >= 4 is 16.9 Å². The highest BCUT2D eigenvalue weighted by molar-refractivity contribution is 5.91. The zero-order chi connectivity index (χ0) is 37.3. The summed E-state index contributed by atoms with van der Waals surface area (Å²) in [7, 11) is 1.46. The Kier molecular flexibility index (Phi) is 11.6. The van der Waals surface area contributed by atoms with Gasteiger partial charge in [0.15, 0.2) is 24.3 Å². The molecule has 1 aromatic heterocycles. The number of phenols is 2. The first-order valence-corrected chi connectivity index (χ1v) is 16.1. The second-order valence-corrected chi connectivity index (χ2v) is 12.6. The number of allylic oxidation sites excluding steroid dienone is 2. The van der Waals surface area contributed by atoms with Crippen molar-refractivity contribution in [2.45, 2.75) is 95.5 Å². The number of phenolic OH excluding ortho intramolecular Hbond substituents is 2. The van der Waals surface area contributed by atoms with Crippen LogP contribution < -0.4 is 14.9 Å². The van der Waals surface area contributed by atoms with E-state index in [1.54, 1.807) is 30.3 Å². The van der Waals surface area contributed by atoms with Gasteiger partial charge in [0.1, 0.15) is 58.7 Å². The Morgan fingerprint density at radius 2 is 1.59 bits per heavy atom. The standard InChI is InChI=1S/C35H42O16/c1-14(2)6-11-19-20(38)12-21(39)23-26(42)32(29(49-30(19)23)17-7-9-18(45-5)10-8-17)50-35-33(31(47-16(4)37)24(40)15(3)46-35)51-34-28(44)27(43)25(41)22(13-36)48-34/h6-10,12,15,22,24-25,27-28,31,33-36,38-41,43-44H,11,13H2,1-5H3/t15?,22?,24-,25+,27?,28+,31?,33-,34-,35-/m0/s1. The Bertz CT molecular complexity index is 1800. The Balaban J connectivity index is 1.69. The number of fused-ring (bicyclic) bond motifs is 1. The smallest absolute Gasteiger partial charge is 0.303 e. The Morgan fingerprint density at radius 3 is 2.20 bits per heavy atom. The van der Waals surface area contributed by atoms with Gasteiger partial charge in [0.05, 0.1) is 19.8 Å². The Morgan fingerprint density at radius 1 is 0.902 bits per heavy atom. The van der Waals surface area contributed by atoms with Crippen LogP contribution in [0, 0.1) is 0 Å². The van der Waals surface area contributed by atoms with Crippen molar-refractivity contribution in [2.24, 2.45) is 0 Å². The minimum absolute atomic E-state index is 0.131. The molecule has 10 atom stereocenters. The van der Waals surface area contributed by atoms with E-state index in [4.69, 9.17) is 32.8 Å². The molecule has 2 saturated heterocycles. The Labute approximate surface area is 291 Å². The van der Waals surface area contributed by atoms with Crippen LogP contribution in [0.4, 0.5) is 0 Å². The lowest BCUT2D eigenvalue weighted by atomic mass is 9.97. The molecular formula is C35H42O16. The second-order valence-electron chi connectivity index (χ2n) is 12.6. The van der Waals surface area contributed by atoms with E-state index in [9.17, 15) is 45.3 Å². The third kappa shape index (κ3) is 7.68. The van der Waals surface area contributed by atoms with Crippen LogP contribution in [0.25, 0.3) is 22.3 Å². The number of aromatic hydroxyl groups is 2. The van der Waals surface area contributed by atoms with E-state index in [2.05, 4.69) is 0 Å². The van der Waals surface area contributed by atoms with Gasteiger partial charge in [-0.15, -0.1) is 0 Å². The third-order valence-corrected chi connectivity index (χ3v) is 8.68. The molecule has 3 heterocycles. The van der Waals surface area contributed by atoms with Gasteiger partial charge >= 0.3 is 5.97 Å². The average molecular weight is 719 g/mol. The molecule has 0 bridgehead atoms. The highest BCUT2D eigenvalue weighted by Crippen LogP contribution is 2.41. The number of carbonyl (C=O) groups is 1. The van der Waals surface area contributed by atoms with Crippen molar-refractivity contribution in [3.63, 3.8) is 0 Å². The van der Waals surface area contributed by atoms with Crippen LogP contribution in [-0.4, -0.2) is 117 Å². The monoisotopic (exact) mass is 718 g/mol. The van der Waals surface area contributed by atoms with Crippen molar-refractivity contribution in [1.82, 2.24) is 0 Å². The summed E-state index contributed by atoms with van der Waals surface area (Å²) < 4.78 is 40.6. The molecule has 3 aromatic rings. The number of benzene rings is 2. The number of hydrogen-bond acceptors (Lipinski definition) is 16. The van der Waals surface area contributed by atoms with Crippen LogP contribution in [0.1, 0.15) is 33.3 Å². The molecule has 2 aliphatic rings. The number of carbonyl (C=O) groups excluding carboxylic acids is 1. The fourth-order valence-electron chi connectivity index (χ4n) is 5.91. The van der Waals surface area contributed by atoms with Gasteiger partial charge in [0.2, 0.25) is 17.5 Å². The van der Waals surface area contributed by atoms with E-state index < -0.39 is 90.9 Å². The molecule has 4 unspecified atom stereocenters. The van der Waals surface area contributed by atoms with Crippen molar-refractivity contribution in [3.8, 4) is 34.3 Å². The summed E-state index contributed by atoms with van der Waals surface area (Å²) >= 11 is 0. The van der Waals surface area contributed by atoms with Gasteiger partial charge in [-0.05, 0) is 51.5 Å². The first-order chi connectivity index (χ1) is 24.2. The highest BCUT2D eigenvalue weighted by atomic mass is 16.8. The normalized spacial score (nSPS) is 29.4. The van der Waals surface area contributed by atoms with Gasteiger partial charge in [-0.2, -0.15) is 0 Å². The van der Waals surface area contributed by atoms with Crippen LogP contribution in [0.15, 0.2) is 51.2 Å². The quantitative estimate of drug-likeness (QED) is 0.114. The van der Waals surface area contributed by atoms with Gasteiger partial charge in [0.25, 0.3) is 0 Å². The summed E-state index contributed by atoms with van der Waals surface area (Å²) in [5.41, 5.74) is 0.357. The molecule has 2 aliphatic heterocycles. The molecule has 0 saturated carbocycles. The van der Waals surface area contributed by atoms with Crippen LogP contribution >= 0.6 is 0 Å². The lowest BCUT2D eigenvalue weighted by Crippen LogP contribution is -2.65. The lowest BCUT2D eigenvalue weighted by Gasteiger charge is -2.46. The second kappa shape index (κ2) is 15.5. The van der Waals surface area contributed by atoms with E-state index in [0.29, 0.717) is 5.75 Å². The van der Waals surface area contributed by atoms with Crippen molar-refractivity contribution in [2.75, 3.05) is 13.7 Å². The third-order valence-electron chi connectivity index (χ3n) is 8.68. The lowest BCUT2D eigenvalue weighted by molar-refractivity contribution is -0.356. The summed E-state index contributed by atoms with van der Waals surface area (Å²) in [6, 6.07) is 7.30. The molecule has 0 radical (unpaired) electrons. The number of ether oxygens (including phenoxy) is 6. The largest absolute Gasteiger partial charge is 0.507 e. The maximum Gasteiger partial charge on any atom is 0.303 e. The summed E-state index contributed by atoms with van der Waals surface area (Å²) in [6.07, 6.45) is -14.5. The minimum Gasteiger partial charge on any atom is -0.507 e. The molecule has 2 fully saturated rings. The van der Waals surface area contributed by atoms with E-state index in [1.807, 2.05) is 13.8 Å². The molecule has 5 rings (SSSR count). The number of esters is 1. The predicted octanol–water partition coefficient (Wildman–Crippen LogP) is 0.990. The molecule has 0 amide bonds. The summed E-state index contributed by atoms with van der Waals surface area (Å²) in [6.45, 7) is 5.41. The summed E-state index contributed by atoms with van der Waals surface area (Å²) in [5, 5.41) is 73.6. The highest BCUT2D eigenvalue weighted by Gasteiger charge is 2.52. The van der Waals surface area contributed by atoms with Gasteiger partial charge in [0, 0.05) is 24.1 Å². The summed E-state index contributed by atoms with van der Waals surface area (Å²) in [4.78, 5) is 26.6. The molecule has 16 nitrogen and oxygen atoms in total. The first-order valence-electron chi connectivity index (χ1n) is 16.1. The van der Waals surface area contributed by atoms with E-state index >= 15 is 0 Å². The summed E-state index contributed by atoms with van der Waals surface area (Å²) in [5.74, 6) is -2.04. The maximum atomic E-state index is 14.4. The van der Waals surface area contributed by atoms with Crippen LogP contribution in [0.2, 0.25) is 0 Å². The zero-order valence-corrected chi connectivity index (χ0v) is 28.5.